The van der Waals surface area contributed by atoms with E-state index in [1.54, 1.807) is 0 Å². The van der Waals surface area contributed by atoms with Crippen molar-refractivity contribution in [2.45, 2.75) is 5.41 Å². The number of fused-ring (bicyclic) bond motifs is 6. The summed E-state index contributed by atoms with van der Waals surface area (Å²) in [4.78, 5) is 2.42. The van der Waals surface area contributed by atoms with Crippen molar-refractivity contribution >= 4 is 39.0 Å². The standard InChI is InChI=1S/C67H45NO/c1-4-18-46(19-5-1)47-34-36-48(37-35-47)49-38-41-54(42-39-49)68(63-32-14-11-26-56(63)51-40-43-59-58-27-12-15-33-64(58)69-65(59)45-51)55-25-16-20-50(44-55)57-29-17-31-62-66(57)60-28-10-13-30-61(60)67(62,52-21-6-2-7-22-52)53-23-8-3-9-24-53/h1-45H. The number of benzene rings is 11. The average Bonchev–Trinajstić information content (AvgIpc) is 3.96. The summed E-state index contributed by atoms with van der Waals surface area (Å²) in [5.41, 5.74) is 21.4. The predicted molar refractivity (Wildman–Crippen MR) is 287 cm³/mol. The third-order valence-electron chi connectivity index (χ3n) is 14.2. The maximum atomic E-state index is 6.46. The molecule has 2 heteroatoms. The summed E-state index contributed by atoms with van der Waals surface area (Å²) in [5.74, 6) is 0. The second-order valence-corrected chi connectivity index (χ2v) is 18.0. The van der Waals surface area contributed by atoms with Gasteiger partial charge in [-0.05, 0) is 121 Å². The molecule has 0 bridgehead atoms. The zero-order valence-corrected chi connectivity index (χ0v) is 37.8. The summed E-state index contributed by atoms with van der Waals surface area (Å²) in [6.45, 7) is 0. The van der Waals surface area contributed by atoms with E-state index in [0.29, 0.717) is 0 Å². The molecular weight excluding hydrogens is 835 g/mol. The van der Waals surface area contributed by atoms with Crippen molar-refractivity contribution < 1.29 is 4.42 Å². The molecule has 0 atom stereocenters. The molecule has 0 aliphatic heterocycles. The van der Waals surface area contributed by atoms with Gasteiger partial charge >= 0.3 is 0 Å². The number of anilines is 3. The Morgan fingerprint density at radius 2 is 0.783 bits per heavy atom. The van der Waals surface area contributed by atoms with Crippen LogP contribution >= 0.6 is 0 Å². The average molecular weight is 880 g/mol. The molecule has 1 aliphatic rings. The van der Waals surface area contributed by atoms with E-state index in [0.717, 1.165) is 61.3 Å². The second kappa shape index (κ2) is 16.7. The molecule has 2 nitrogen and oxygen atoms in total. The molecule has 13 rings (SSSR count). The first-order valence-corrected chi connectivity index (χ1v) is 23.7. The summed E-state index contributed by atoms with van der Waals surface area (Å²) in [7, 11) is 0. The van der Waals surface area contributed by atoms with Gasteiger partial charge in [-0.25, -0.2) is 0 Å². The third-order valence-corrected chi connectivity index (χ3v) is 14.2. The lowest BCUT2D eigenvalue weighted by atomic mass is 9.67. The molecule has 0 amide bonds. The Kier molecular flexibility index (Phi) is 9.77. The lowest BCUT2D eigenvalue weighted by Crippen LogP contribution is -2.28. The van der Waals surface area contributed by atoms with E-state index >= 15 is 0 Å². The predicted octanol–water partition coefficient (Wildman–Crippen LogP) is 18.1. The van der Waals surface area contributed by atoms with Crippen molar-refractivity contribution in [3.05, 3.63) is 295 Å². The molecule has 324 valence electrons. The minimum Gasteiger partial charge on any atom is -0.456 e. The lowest BCUT2D eigenvalue weighted by Gasteiger charge is -2.34. The largest absolute Gasteiger partial charge is 0.456 e. The van der Waals surface area contributed by atoms with Crippen molar-refractivity contribution in [1.29, 1.82) is 0 Å². The number of furan rings is 1. The van der Waals surface area contributed by atoms with E-state index in [4.69, 9.17) is 4.42 Å². The molecule has 0 saturated carbocycles. The van der Waals surface area contributed by atoms with Crippen LogP contribution in [0, 0.1) is 0 Å². The van der Waals surface area contributed by atoms with Gasteiger partial charge in [0.2, 0.25) is 0 Å². The number of hydrogen-bond acceptors (Lipinski definition) is 2. The fraction of sp³-hybridized carbons (Fsp3) is 0.0149. The number of rotatable bonds is 9. The molecule has 69 heavy (non-hydrogen) atoms. The quantitative estimate of drug-likeness (QED) is 0.144. The van der Waals surface area contributed by atoms with Gasteiger partial charge in [0, 0.05) is 27.7 Å². The van der Waals surface area contributed by atoms with Crippen LogP contribution in [0.2, 0.25) is 0 Å². The molecule has 0 N–H and O–H groups in total. The molecule has 1 heterocycles. The fourth-order valence-electron chi connectivity index (χ4n) is 11.1. The van der Waals surface area contributed by atoms with E-state index in [2.05, 4.69) is 266 Å². The van der Waals surface area contributed by atoms with Crippen LogP contribution in [0.4, 0.5) is 17.1 Å². The van der Waals surface area contributed by atoms with E-state index in [9.17, 15) is 0 Å². The Labute approximate surface area is 402 Å². The second-order valence-electron chi connectivity index (χ2n) is 18.0. The zero-order chi connectivity index (χ0) is 45.7. The van der Waals surface area contributed by atoms with Crippen LogP contribution in [-0.4, -0.2) is 0 Å². The van der Waals surface area contributed by atoms with Gasteiger partial charge in [0.1, 0.15) is 11.2 Å². The van der Waals surface area contributed by atoms with Crippen LogP contribution in [0.3, 0.4) is 0 Å². The molecule has 0 spiro atoms. The van der Waals surface area contributed by atoms with Crippen molar-refractivity contribution in [3.8, 4) is 55.6 Å². The first-order valence-electron chi connectivity index (χ1n) is 23.7. The first kappa shape index (κ1) is 40.3. The van der Waals surface area contributed by atoms with Gasteiger partial charge in [-0.2, -0.15) is 0 Å². The Hall–Kier alpha value is -8.98. The fourth-order valence-corrected chi connectivity index (χ4v) is 11.1. The van der Waals surface area contributed by atoms with Gasteiger partial charge in [-0.15, -0.1) is 0 Å². The van der Waals surface area contributed by atoms with Gasteiger partial charge in [0.15, 0.2) is 0 Å². The van der Waals surface area contributed by atoms with Gasteiger partial charge in [-0.1, -0.05) is 224 Å². The molecule has 0 radical (unpaired) electrons. The van der Waals surface area contributed by atoms with Crippen LogP contribution in [0.1, 0.15) is 22.3 Å². The highest BCUT2D eigenvalue weighted by atomic mass is 16.3. The molecule has 0 fully saturated rings. The highest BCUT2D eigenvalue weighted by Gasteiger charge is 2.46. The van der Waals surface area contributed by atoms with Crippen molar-refractivity contribution in [3.63, 3.8) is 0 Å². The number of hydrogen-bond donors (Lipinski definition) is 0. The van der Waals surface area contributed by atoms with Gasteiger partial charge in [0.25, 0.3) is 0 Å². The monoisotopic (exact) mass is 879 g/mol. The van der Waals surface area contributed by atoms with E-state index in [1.165, 1.54) is 55.6 Å². The van der Waals surface area contributed by atoms with Crippen molar-refractivity contribution in [2.24, 2.45) is 0 Å². The Morgan fingerprint density at radius 3 is 1.51 bits per heavy atom. The third kappa shape index (κ3) is 6.72. The molecule has 1 aliphatic carbocycles. The minimum absolute atomic E-state index is 0.488. The zero-order valence-electron chi connectivity index (χ0n) is 37.8. The van der Waals surface area contributed by atoms with Crippen LogP contribution in [0.5, 0.6) is 0 Å². The Morgan fingerprint density at radius 1 is 0.290 bits per heavy atom. The summed E-state index contributed by atoms with van der Waals surface area (Å²) >= 11 is 0. The van der Waals surface area contributed by atoms with Gasteiger partial charge < -0.3 is 9.32 Å². The first-order chi connectivity index (χ1) is 34.2. The Bertz CT molecular complexity index is 3780. The smallest absolute Gasteiger partial charge is 0.136 e. The summed E-state index contributed by atoms with van der Waals surface area (Å²) in [6.07, 6.45) is 0. The van der Waals surface area contributed by atoms with Crippen LogP contribution in [-0.2, 0) is 5.41 Å². The molecule has 0 unspecified atom stereocenters. The normalized spacial score (nSPS) is 12.5. The topological polar surface area (TPSA) is 16.4 Å². The van der Waals surface area contributed by atoms with Crippen LogP contribution in [0.15, 0.2) is 277 Å². The van der Waals surface area contributed by atoms with Gasteiger partial charge in [0.05, 0.1) is 11.1 Å². The SMILES string of the molecule is c1ccc(-c2ccc(-c3ccc(N(c4cccc(-c5cccc6c5-c5ccccc5C6(c5ccccc5)c5ccccc5)c4)c4ccccc4-c4ccc5c(c4)oc4ccccc45)cc3)cc2)cc1. The van der Waals surface area contributed by atoms with Crippen molar-refractivity contribution in [1.82, 2.24) is 0 Å². The van der Waals surface area contributed by atoms with Crippen LogP contribution in [0.25, 0.3) is 77.6 Å². The maximum Gasteiger partial charge on any atom is 0.136 e. The summed E-state index contributed by atoms with van der Waals surface area (Å²) < 4.78 is 6.46. The lowest BCUT2D eigenvalue weighted by molar-refractivity contribution is 0.669. The van der Waals surface area contributed by atoms with E-state index < -0.39 is 5.41 Å². The molecular formula is C67H45NO. The maximum absolute atomic E-state index is 6.46. The van der Waals surface area contributed by atoms with E-state index in [-0.39, 0.29) is 0 Å². The molecule has 0 saturated heterocycles. The number of nitrogens with zero attached hydrogens (tertiary/aromatic N) is 1. The number of para-hydroxylation sites is 2. The molecule has 11 aromatic carbocycles. The van der Waals surface area contributed by atoms with Gasteiger partial charge in [-0.3, -0.25) is 0 Å². The van der Waals surface area contributed by atoms with Crippen LogP contribution < -0.4 is 4.90 Å². The highest BCUT2D eigenvalue weighted by molar-refractivity contribution is 6.06. The molecule has 12 aromatic rings. The Balaban J connectivity index is 0.974. The van der Waals surface area contributed by atoms with Crippen molar-refractivity contribution in [2.75, 3.05) is 4.90 Å². The molecule has 1 aromatic heterocycles. The minimum atomic E-state index is -0.488. The van der Waals surface area contributed by atoms with E-state index in [1.807, 2.05) is 12.1 Å². The summed E-state index contributed by atoms with van der Waals surface area (Å²) in [6, 6.07) is 99.2. The highest BCUT2D eigenvalue weighted by Crippen LogP contribution is 2.58. The summed E-state index contributed by atoms with van der Waals surface area (Å²) in [5, 5.41) is 2.24.